The third-order valence-electron chi connectivity index (χ3n) is 2.79. The molecular formula is C13H23N3O. The van der Waals surface area contributed by atoms with Crippen LogP contribution in [-0.2, 0) is 6.42 Å². The molecule has 0 fully saturated rings. The number of hydrogen-bond donors (Lipinski definition) is 2. The Hall–Kier alpha value is -1.16. The molecule has 2 N–H and O–H groups in total. The van der Waals surface area contributed by atoms with E-state index in [1.54, 1.807) is 0 Å². The van der Waals surface area contributed by atoms with E-state index in [-0.39, 0.29) is 12.0 Å². The Bertz CT molecular complexity index is 364. The summed E-state index contributed by atoms with van der Waals surface area (Å²) in [5.41, 5.74) is 1.12. The van der Waals surface area contributed by atoms with Gasteiger partial charge in [-0.1, -0.05) is 20.8 Å². The average Bonchev–Trinajstić information content (AvgIpc) is 2.26. The van der Waals surface area contributed by atoms with Gasteiger partial charge >= 0.3 is 0 Å². The lowest BCUT2D eigenvalue weighted by Crippen LogP contribution is -2.24. The zero-order chi connectivity index (χ0) is 12.9. The smallest absolute Gasteiger partial charge is 0.129 e. The minimum Gasteiger partial charge on any atom is -0.396 e. The lowest BCUT2D eigenvalue weighted by atomic mass is 9.90. The Morgan fingerprint density at radius 2 is 2.06 bits per heavy atom. The van der Waals surface area contributed by atoms with Gasteiger partial charge in [-0.3, -0.25) is 0 Å². The van der Waals surface area contributed by atoms with Crippen molar-refractivity contribution < 1.29 is 5.11 Å². The Labute approximate surface area is 103 Å². The van der Waals surface area contributed by atoms with Crippen LogP contribution in [0.2, 0.25) is 0 Å². The molecular weight excluding hydrogens is 214 g/mol. The maximum atomic E-state index is 8.97. The number of nitrogens with zero attached hydrogens (tertiary/aromatic N) is 2. The van der Waals surface area contributed by atoms with Gasteiger partial charge in [0.2, 0.25) is 0 Å². The highest BCUT2D eigenvalue weighted by Gasteiger charge is 2.17. The summed E-state index contributed by atoms with van der Waals surface area (Å²) in [4.78, 5) is 8.70. The van der Waals surface area contributed by atoms with Crippen molar-refractivity contribution in [2.24, 2.45) is 5.41 Å². The number of rotatable bonds is 6. The average molecular weight is 237 g/mol. The van der Waals surface area contributed by atoms with Gasteiger partial charge in [0.05, 0.1) is 0 Å². The number of aliphatic hydroxyl groups excluding tert-OH is 1. The van der Waals surface area contributed by atoms with Crippen molar-refractivity contribution in [1.29, 1.82) is 0 Å². The number of aromatic nitrogens is 2. The van der Waals surface area contributed by atoms with Crippen LogP contribution < -0.4 is 5.32 Å². The summed E-state index contributed by atoms with van der Waals surface area (Å²) >= 11 is 0. The summed E-state index contributed by atoms with van der Waals surface area (Å²) in [6.45, 7) is 9.27. The SMILES string of the molecule is CCc1cc(NCC(C)(C)CCO)nc(C)n1. The Morgan fingerprint density at radius 3 is 2.65 bits per heavy atom. The van der Waals surface area contributed by atoms with Gasteiger partial charge in [0.15, 0.2) is 0 Å². The Balaban J connectivity index is 2.65. The van der Waals surface area contributed by atoms with E-state index in [4.69, 9.17) is 5.11 Å². The molecule has 0 spiro atoms. The molecule has 0 aliphatic heterocycles. The molecule has 0 bridgehead atoms. The molecule has 0 aromatic carbocycles. The molecule has 0 aliphatic rings. The number of hydrogen-bond acceptors (Lipinski definition) is 4. The fourth-order valence-electron chi connectivity index (χ4n) is 1.62. The Kier molecular flexibility index (Phi) is 4.87. The van der Waals surface area contributed by atoms with E-state index in [1.165, 1.54) is 0 Å². The highest BCUT2D eigenvalue weighted by Crippen LogP contribution is 2.20. The second-order valence-electron chi connectivity index (χ2n) is 5.14. The standard InChI is InChI=1S/C13H23N3O/c1-5-11-8-12(16-10(2)15-11)14-9-13(3,4)6-7-17/h8,17H,5-7,9H2,1-4H3,(H,14,15,16). The van der Waals surface area contributed by atoms with E-state index in [2.05, 4.69) is 36.1 Å². The fourth-order valence-corrected chi connectivity index (χ4v) is 1.62. The number of aryl methyl sites for hydroxylation is 2. The third kappa shape index (κ3) is 4.69. The highest BCUT2D eigenvalue weighted by molar-refractivity contribution is 5.36. The zero-order valence-electron chi connectivity index (χ0n) is 11.2. The quantitative estimate of drug-likeness (QED) is 0.796. The fraction of sp³-hybridized carbons (Fsp3) is 0.692. The van der Waals surface area contributed by atoms with Crippen molar-refractivity contribution in [2.75, 3.05) is 18.5 Å². The lowest BCUT2D eigenvalue weighted by Gasteiger charge is -2.24. The maximum Gasteiger partial charge on any atom is 0.129 e. The monoisotopic (exact) mass is 237 g/mol. The van der Waals surface area contributed by atoms with Gasteiger partial charge in [-0.2, -0.15) is 0 Å². The van der Waals surface area contributed by atoms with Crippen LogP contribution in [0.4, 0.5) is 5.82 Å². The van der Waals surface area contributed by atoms with Crippen molar-refractivity contribution in [3.8, 4) is 0 Å². The second-order valence-corrected chi connectivity index (χ2v) is 5.14. The maximum absolute atomic E-state index is 8.97. The number of nitrogens with one attached hydrogen (secondary N) is 1. The van der Waals surface area contributed by atoms with Gasteiger partial charge < -0.3 is 10.4 Å². The van der Waals surface area contributed by atoms with E-state index in [0.717, 1.165) is 36.7 Å². The minimum absolute atomic E-state index is 0.0694. The molecule has 1 aromatic rings. The van der Waals surface area contributed by atoms with Gasteiger partial charge in [0, 0.05) is 24.9 Å². The lowest BCUT2D eigenvalue weighted by molar-refractivity contribution is 0.220. The molecule has 0 unspecified atom stereocenters. The van der Waals surface area contributed by atoms with Crippen LogP contribution >= 0.6 is 0 Å². The van der Waals surface area contributed by atoms with Crippen LogP contribution in [0.25, 0.3) is 0 Å². The third-order valence-corrected chi connectivity index (χ3v) is 2.79. The van der Waals surface area contributed by atoms with Gasteiger partial charge in [-0.15, -0.1) is 0 Å². The molecule has 17 heavy (non-hydrogen) atoms. The Morgan fingerprint density at radius 1 is 1.35 bits per heavy atom. The molecule has 1 heterocycles. The zero-order valence-corrected chi connectivity index (χ0v) is 11.2. The van der Waals surface area contributed by atoms with Crippen LogP contribution in [-0.4, -0.2) is 28.2 Å². The molecule has 0 radical (unpaired) electrons. The summed E-state index contributed by atoms with van der Waals surface area (Å²) in [6, 6.07) is 1.99. The highest BCUT2D eigenvalue weighted by atomic mass is 16.3. The van der Waals surface area contributed by atoms with Crippen molar-refractivity contribution in [2.45, 2.75) is 40.5 Å². The first-order valence-electron chi connectivity index (χ1n) is 6.16. The van der Waals surface area contributed by atoms with E-state index >= 15 is 0 Å². The molecule has 4 heteroatoms. The summed E-state index contributed by atoms with van der Waals surface area (Å²) in [5.74, 6) is 1.67. The van der Waals surface area contributed by atoms with E-state index in [0.29, 0.717) is 0 Å². The summed E-state index contributed by atoms with van der Waals surface area (Å²) < 4.78 is 0. The van der Waals surface area contributed by atoms with Crippen molar-refractivity contribution >= 4 is 5.82 Å². The van der Waals surface area contributed by atoms with Crippen molar-refractivity contribution in [3.63, 3.8) is 0 Å². The summed E-state index contributed by atoms with van der Waals surface area (Å²) in [5, 5.41) is 12.3. The normalized spacial score (nSPS) is 11.6. The molecule has 0 amide bonds. The van der Waals surface area contributed by atoms with E-state index in [9.17, 15) is 0 Å². The predicted molar refractivity (Wildman–Crippen MR) is 70.1 cm³/mol. The number of aliphatic hydroxyl groups is 1. The molecule has 1 aromatic heterocycles. The summed E-state index contributed by atoms with van der Waals surface area (Å²) in [7, 11) is 0. The van der Waals surface area contributed by atoms with Crippen LogP contribution in [0.15, 0.2) is 6.07 Å². The minimum atomic E-state index is 0.0694. The topological polar surface area (TPSA) is 58.0 Å². The first-order chi connectivity index (χ1) is 7.96. The molecule has 0 aliphatic carbocycles. The number of anilines is 1. The second kappa shape index (κ2) is 5.96. The van der Waals surface area contributed by atoms with Crippen molar-refractivity contribution in [1.82, 2.24) is 9.97 Å². The first kappa shape index (κ1) is 13.9. The first-order valence-corrected chi connectivity index (χ1v) is 6.16. The predicted octanol–water partition coefficient (Wildman–Crippen LogP) is 2.17. The van der Waals surface area contributed by atoms with Crippen molar-refractivity contribution in [3.05, 3.63) is 17.6 Å². The van der Waals surface area contributed by atoms with Crippen LogP contribution in [0.5, 0.6) is 0 Å². The molecule has 96 valence electrons. The van der Waals surface area contributed by atoms with Gasteiger partial charge in [-0.05, 0) is 25.2 Å². The van der Waals surface area contributed by atoms with Gasteiger partial charge in [-0.25, -0.2) is 9.97 Å². The van der Waals surface area contributed by atoms with Crippen LogP contribution in [0, 0.1) is 12.3 Å². The molecule has 0 saturated heterocycles. The van der Waals surface area contributed by atoms with Crippen LogP contribution in [0.1, 0.15) is 38.7 Å². The molecule has 0 atom stereocenters. The van der Waals surface area contributed by atoms with E-state index < -0.39 is 0 Å². The largest absolute Gasteiger partial charge is 0.396 e. The molecule has 1 rings (SSSR count). The van der Waals surface area contributed by atoms with E-state index in [1.807, 2.05) is 13.0 Å². The van der Waals surface area contributed by atoms with Crippen LogP contribution in [0.3, 0.4) is 0 Å². The molecule has 0 saturated carbocycles. The molecule has 4 nitrogen and oxygen atoms in total. The van der Waals surface area contributed by atoms with Gasteiger partial charge in [0.1, 0.15) is 11.6 Å². The summed E-state index contributed by atoms with van der Waals surface area (Å²) in [6.07, 6.45) is 1.70. The van der Waals surface area contributed by atoms with Gasteiger partial charge in [0.25, 0.3) is 0 Å².